The van der Waals surface area contributed by atoms with Crippen molar-refractivity contribution in [2.75, 3.05) is 7.11 Å². The van der Waals surface area contributed by atoms with Crippen molar-refractivity contribution in [1.29, 1.82) is 15.8 Å². The van der Waals surface area contributed by atoms with Gasteiger partial charge in [-0.05, 0) is 47.3 Å². The van der Waals surface area contributed by atoms with Crippen molar-refractivity contribution < 1.29 is 4.74 Å². The lowest BCUT2D eigenvalue weighted by Gasteiger charge is -2.29. The Morgan fingerprint density at radius 2 is 1.36 bits per heavy atom. The Morgan fingerprint density at radius 1 is 0.818 bits per heavy atom. The fraction of sp³-hybridized carbons (Fsp3) is 0.611. The van der Waals surface area contributed by atoms with E-state index >= 15 is 0 Å². The molecule has 22 heavy (non-hydrogen) atoms. The zero-order chi connectivity index (χ0) is 15.2. The molecule has 6 aliphatic carbocycles. The van der Waals surface area contributed by atoms with Crippen LogP contribution in [0.5, 0.6) is 0 Å². The van der Waals surface area contributed by atoms with Gasteiger partial charge in [0.1, 0.15) is 17.7 Å². The molecule has 8 unspecified atom stereocenters. The molecule has 6 rings (SSSR count). The molecule has 0 amide bonds. The van der Waals surface area contributed by atoms with Crippen LogP contribution in [0.25, 0.3) is 0 Å². The first-order chi connectivity index (χ1) is 10.8. The van der Waals surface area contributed by atoms with Gasteiger partial charge >= 0.3 is 0 Å². The summed E-state index contributed by atoms with van der Waals surface area (Å²) in [6.07, 6.45) is 4.99. The van der Waals surface area contributed by atoms with E-state index in [9.17, 15) is 15.8 Å². The van der Waals surface area contributed by atoms with Gasteiger partial charge in [0.05, 0.1) is 17.7 Å². The molecule has 8 atom stereocenters. The quantitative estimate of drug-likeness (QED) is 0.575. The van der Waals surface area contributed by atoms with E-state index < -0.39 is 0 Å². The Bertz CT molecular complexity index is 713. The molecular weight excluding hydrogens is 274 g/mol. The number of allylic oxidation sites excluding steroid dienone is 4. The Balaban J connectivity index is 1.63. The molecule has 0 aromatic carbocycles. The Hall–Kier alpha value is -2.09. The number of hydrogen-bond acceptors (Lipinski definition) is 4. The highest BCUT2D eigenvalue weighted by atomic mass is 16.5. The SMILES string of the molecule is COC1C2C3C4C=CC4C4C1C4C(C(C#N)=C(C#N)C#N)C32. The van der Waals surface area contributed by atoms with Crippen molar-refractivity contribution in [2.24, 2.45) is 53.3 Å². The molecule has 6 bridgehead atoms. The van der Waals surface area contributed by atoms with Gasteiger partial charge in [-0.1, -0.05) is 12.2 Å². The van der Waals surface area contributed by atoms with Crippen molar-refractivity contribution in [3.63, 3.8) is 0 Å². The predicted octanol–water partition coefficient (Wildman–Crippen LogP) is 2.04. The molecule has 0 N–H and O–H groups in total. The lowest BCUT2D eigenvalue weighted by molar-refractivity contribution is 0.0371. The molecule has 108 valence electrons. The molecule has 4 heteroatoms. The van der Waals surface area contributed by atoms with Crippen LogP contribution < -0.4 is 0 Å². The van der Waals surface area contributed by atoms with Crippen LogP contribution in [0.4, 0.5) is 0 Å². The van der Waals surface area contributed by atoms with Crippen molar-refractivity contribution in [2.45, 2.75) is 6.10 Å². The molecule has 4 nitrogen and oxygen atoms in total. The summed E-state index contributed by atoms with van der Waals surface area (Å²) >= 11 is 0. The fourth-order valence-electron chi connectivity index (χ4n) is 6.42. The van der Waals surface area contributed by atoms with Crippen molar-refractivity contribution >= 4 is 0 Å². The van der Waals surface area contributed by atoms with Crippen LogP contribution in [0.1, 0.15) is 0 Å². The van der Waals surface area contributed by atoms with E-state index in [-0.39, 0.29) is 11.5 Å². The van der Waals surface area contributed by atoms with Gasteiger partial charge in [-0.2, -0.15) is 15.8 Å². The average Bonchev–Trinajstić information content (AvgIpc) is 3.39. The number of nitrogens with zero attached hydrogens (tertiary/aromatic N) is 3. The zero-order valence-electron chi connectivity index (χ0n) is 12.2. The molecule has 0 aliphatic heterocycles. The van der Waals surface area contributed by atoms with Crippen LogP contribution in [0.3, 0.4) is 0 Å². The number of hydrogen-bond donors (Lipinski definition) is 0. The molecule has 0 radical (unpaired) electrons. The molecule has 0 spiro atoms. The lowest BCUT2D eigenvalue weighted by atomic mass is 9.76. The van der Waals surface area contributed by atoms with Crippen LogP contribution in [-0.2, 0) is 4.74 Å². The summed E-state index contributed by atoms with van der Waals surface area (Å²) < 4.78 is 5.82. The van der Waals surface area contributed by atoms with Gasteiger partial charge in [0, 0.05) is 13.0 Å². The molecule has 5 saturated carbocycles. The first-order valence-electron chi connectivity index (χ1n) is 7.94. The zero-order valence-corrected chi connectivity index (χ0v) is 12.2. The topological polar surface area (TPSA) is 80.6 Å². The van der Waals surface area contributed by atoms with Gasteiger partial charge in [-0.3, -0.25) is 0 Å². The molecule has 0 aromatic heterocycles. The summed E-state index contributed by atoms with van der Waals surface area (Å²) in [7, 11) is 1.81. The normalized spacial score (nSPS) is 53.5. The second kappa shape index (κ2) is 3.81. The third kappa shape index (κ3) is 1.14. The third-order valence-electron chi connectivity index (χ3n) is 7.08. The first kappa shape index (κ1) is 12.5. The summed E-state index contributed by atoms with van der Waals surface area (Å²) in [6, 6.07) is 6.09. The maximum Gasteiger partial charge on any atom is 0.143 e. The molecule has 6 aliphatic rings. The Kier molecular flexibility index (Phi) is 2.16. The molecular formula is C18H15N3O. The minimum absolute atomic E-state index is 0.0272. The summed E-state index contributed by atoms with van der Waals surface area (Å²) in [4.78, 5) is 0. The Morgan fingerprint density at radius 3 is 1.73 bits per heavy atom. The summed E-state index contributed by atoms with van der Waals surface area (Å²) in [5.74, 6) is 4.48. The van der Waals surface area contributed by atoms with E-state index in [1.807, 2.05) is 19.2 Å². The van der Waals surface area contributed by atoms with Gasteiger partial charge in [0.25, 0.3) is 0 Å². The number of ether oxygens (including phenoxy) is 1. The molecule has 0 aromatic rings. The van der Waals surface area contributed by atoms with E-state index in [0.29, 0.717) is 59.0 Å². The van der Waals surface area contributed by atoms with E-state index in [4.69, 9.17) is 4.74 Å². The number of rotatable bonds is 2. The second-order valence-corrected chi connectivity index (χ2v) is 7.35. The van der Waals surface area contributed by atoms with E-state index in [0.717, 1.165) is 0 Å². The predicted molar refractivity (Wildman–Crippen MR) is 75.2 cm³/mol. The highest BCUT2D eigenvalue weighted by molar-refractivity contribution is 5.51. The minimum Gasteiger partial charge on any atom is -0.381 e. The van der Waals surface area contributed by atoms with Crippen molar-refractivity contribution in [3.05, 3.63) is 23.3 Å². The van der Waals surface area contributed by atoms with Crippen LogP contribution >= 0.6 is 0 Å². The summed E-state index contributed by atoms with van der Waals surface area (Å²) in [6.45, 7) is 0. The largest absolute Gasteiger partial charge is 0.381 e. The van der Waals surface area contributed by atoms with Gasteiger partial charge in [0.15, 0.2) is 0 Å². The highest BCUT2D eigenvalue weighted by Crippen LogP contribution is 2.81. The summed E-state index contributed by atoms with van der Waals surface area (Å²) in [5.41, 5.74) is 0.482. The highest BCUT2D eigenvalue weighted by Gasteiger charge is 2.81. The summed E-state index contributed by atoms with van der Waals surface area (Å²) in [5, 5.41) is 28.0. The minimum atomic E-state index is 0.0272. The second-order valence-electron chi connectivity index (χ2n) is 7.35. The van der Waals surface area contributed by atoms with Crippen molar-refractivity contribution in [1.82, 2.24) is 0 Å². The monoisotopic (exact) mass is 289 g/mol. The van der Waals surface area contributed by atoms with Crippen LogP contribution in [-0.4, -0.2) is 13.2 Å². The molecule has 5 fully saturated rings. The first-order valence-corrected chi connectivity index (χ1v) is 7.94. The molecule has 0 heterocycles. The third-order valence-corrected chi connectivity index (χ3v) is 7.08. The average molecular weight is 289 g/mol. The van der Waals surface area contributed by atoms with Crippen LogP contribution in [0.15, 0.2) is 23.3 Å². The number of nitriles is 3. The van der Waals surface area contributed by atoms with E-state index in [1.54, 1.807) is 0 Å². The van der Waals surface area contributed by atoms with Crippen LogP contribution in [0, 0.1) is 87.3 Å². The van der Waals surface area contributed by atoms with E-state index in [1.165, 1.54) is 0 Å². The smallest absolute Gasteiger partial charge is 0.143 e. The van der Waals surface area contributed by atoms with Gasteiger partial charge in [0.2, 0.25) is 0 Å². The molecule has 0 saturated heterocycles. The lowest BCUT2D eigenvalue weighted by Crippen LogP contribution is -2.28. The number of methoxy groups -OCH3 is 1. The van der Waals surface area contributed by atoms with Crippen molar-refractivity contribution in [3.8, 4) is 18.2 Å². The maximum atomic E-state index is 9.59. The van der Waals surface area contributed by atoms with Crippen LogP contribution in [0.2, 0.25) is 0 Å². The van der Waals surface area contributed by atoms with E-state index in [2.05, 4.69) is 18.2 Å². The van der Waals surface area contributed by atoms with Gasteiger partial charge in [-0.25, -0.2) is 0 Å². The standard InChI is InChI=1S/C18H15N3O/c1-22-18-16-11-8-2-3-9(8)12-15(17(12)18)13(14(11)16)10(6-21)7(4-19)5-20/h2-3,8-9,11-18H,1H3. The Labute approximate surface area is 129 Å². The fourth-order valence-corrected chi connectivity index (χ4v) is 6.42. The van der Waals surface area contributed by atoms with Gasteiger partial charge < -0.3 is 4.74 Å². The maximum absolute atomic E-state index is 9.59. The van der Waals surface area contributed by atoms with Gasteiger partial charge in [-0.15, -0.1) is 0 Å².